The summed E-state index contributed by atoms with van der Waals surface area (Å²) in [5.74, 6) is -1.45. The van der Waals surface area contributed by atoms with E-state index in [9.17, 15) is 9.59 Å². The zero-order valence-electron chi connectivity index (χ0n) is 13.0. The van der Waals surface area contributed by atoms with Crippen molar-refractivity contribution in [3.63, 3.8) is 0 Å². The Bertz CT molecular complexity index is 724. The van der Waals surface area contributed by atoms with Crippen LogP contribution in [-0.2, 0) is 4.79 Å². The van der Waals surface area contributed by atoms with Crippen molar-refractivity contribution in [1.29, 1.82) is 0 Å². The van der Waals surface area contributed by atoms with Gasteiger partial charge in [-0.2, -0.15) is 5.10 Å². The molecule has 1 saturated heterocycles. The molecule has 2 aromatic rings. The molecule has 23 heavy (non-hydrogen) atoms. The number of para-hydroxylation sites is 1. The van der Waals surface area contributed by atoms with E-state index >= 15 is 0 Å². The average molecular weight is 313 g/mol. The molecule has 2 heterocycles. The number of likely N-dealkylation sites (tertiary alicyclic amines) is 1. The van der Waals surface area contributed by atoms with Gasteiger partial charge in [0.15, 0.2) is 0 Å². The van der Waals surface area contributed by atoms with E-state index in [4.69, 9.17) is 5.11 Å². The van der Waals surface area contributed by atoms with Crippen molar-refractivity contribution in [3.05, 3.63) is 47.8 Å². The van der Waals surface area contributed by atoms with Gasteiger partial charge < -0.3 is 10.0 Å². The highest BCUT2D eigenvalue weighted by molar-refractivity contribution is 5.95. The lowest BCUT2D eigenvalue weighted by Crippen LogP contribution is -2.42. The maximum atomic E-state index is 12.7. The van der Waals surface area contributed by atoms with Gasteiger partial charge in [-0.25, -0.2) is 4.68 Å². The minimum Gasteiger partial charge on any atom is -0.481 e. The summed E-state index contributed by atoms with van der Waals surface area (Å²) in [5, 5.41) is 13.6. The van der Waals surface area contributed by atoms with Crippen molar-refractivity contribution in [2.75, 3.05) is 13.1 Å². The SMILES string of the molecule is Cc1nn(-c2ccccc2)cc1C(=O)N1CCCC(C(=O)O)C1. The molecule has 0 bridgehead atoms. The maximum Gasteiger partial charge on any atom is 0.308 e. The van der Waals surface area contributed by atoms with E-state index in [0.29, 0.717) is 30.6 Å². The van der Waals surface area contributed by atoms with E-state index in [1.807, 2.05) is 30.3 Å². The van der Waals surface area contributed by atoms with Crippen LogP contribution in [0.5, 0.6) is 0 Å². The van der Waals surface area contributed by atoms with Gasteiger partial charge in [-0.3, -0.25) is 9.59 Å². The number of nitrogens with zero attached hydrogens (tertiary/aromatic N) is 3. The molecule has 0 aliphatic carbocycles. The largest absolute Gasteiger partial charge is 0.481 e. The predicted molar refractivity (Wildman–Crippen MR) is 84.6 cm³/mol. The summed E-state index contributed by atoms with van der Waals surface area (Å²) in [7, 11) is 0. The van der Waals surface area contributed by atoms with E-state index in [1.165, 1.54) is 0 Å². The third-order valence-corrected chi connectivity index (χ3v) is 4.21. The van der Waals surface area contributed by atoms with Crippen LogP contribution in [-0.4, -0.2) is 44.8 Å². The normalized spacial score (nSPS) is 18.0. The van der Waals surface area contributed by atoms with Crippen LogP contribution in [0, 0.1) is 12.8 Å². The van der Waals surface area contributed by atoms with Gasteiger partial charge in [-0.05, 0) is 31.9 Å². The van der Waals surface area contributed by atoms with Gasteiger partial charge in [0, 0.05) is 19.3 Å². The Morgan fingerprint density at radius 1 is 1.26 bits per heavy atom. The molecule has 120 valence electrons. The van der Waals surface area contributed by atoms with Crippen molar-refractivity contribution in [2.24, 2.45) is 5.92 Å². The fraction of sp³-hybridized carbons (Fsp3) is 0.353. The highest BCUT2D eigenvalue weighted by Gasteiger charge is 2.30. The lowest BCUT2D eigenvalue weighted by Gasteiger charge is -2.30. The first kappa shape index (κ1) is 15.3. The number of rotatable bonds is 3. The molecule has 1 aliphatic heterocycles. The molecule has 1 unspecified atom stereocenters. The molecule has 6 heteroatoms. The number of aryl methyl sites for hydroxylation is 1. The van der Waals surface area contributed by atoms with Crippen LogP contribution in [0.25, 0.3) is 5.69 Å². The second-order valence-corrected chi connectivity index (χ2v) is 5.84. The van der Waals surface area contributed by atoms with E-state index < -0.39 is 11.9 Å². The topological polar surface area (TPSA) is 75.4 Å². The Labute approximate surface area is 134 Å². The van der Waals surface area contributed by atoms with Crippen molar-refractivity contribution < 1.29 is 14.7 Å². The van der Waals surface area contributed by atoms with Gasteiger partial charge in [0.25, 0.3) is 5.91 Å². The van der Waals surface area contributed by atoms with E-state index in [2.05, 4.69) is 5.10 Å². The minimum atomic E-state index is -0.834. The number of carboxylic acid groups (broad SMARTS) is 1. The van der Waals surface area contributed by atoms with E-state index in [1.54, 1.807) is 22.7 Å². The van der Waals surface area contributed by atoms with Gasteiger partial charge in [0.2, 0.25) is 0 Å². The molecular weight excluding hydrogens is 294 g/mol. The standard InChI is InChI=1S/C17H19N3O3/c1-12-15(11-20(18-12)14-7-3-2-4-8-14)16(21)19-9-5-6-13(10-19)17(22)23/h2-4,7-8,11,13H,5-6,9-10H2,1H3,(H,22,23). The molecule has 1 N–H and O–H groups in total. The third kappa shape index (κ3) is 3.11. The molecule has 6 nitrogen and oxygen atoms in total. The summed E-state index contributed by atoms with van der Waals surface area (Å²) in [6, 6.07) is 9.58. The summed E-state index contributed by atoms with van der Waals surface area (Å²) in [5.41, 5.74) is 2.06. The number of carbonyl (C=O) groups is 2. The van der Waals surface area contributed by atoms with Crippen LogP contribution in [0.1, 0.15) is 28.9 Å². The summed E-state index contributed by atoms with van der Waals surface area (Å²) in [6.07, 6.45) is 3.06. The predicted octanol–water partition coefficient (Wildman–Crippen LogP) is 2.12. The quantitative estimate of drug-likeness (QED) is 0.942. The number of carbonyl (C=O) groups excluding carboxylic acids is 1. The molecule has 1 aromatic carbocycles. The minimum absolute atomic E-state index is 0.143. The highest BCUT2D eigenvalue weighted by Crippen LogP contribution is 2.20. The zero-order valence-corrected chi connectivity index (χ0v) is 13.0. The summed E-state index contributed by atoms with van der Waals surface area (Å²) in [6.45, 7) is 2.66. The van der Waals surface area contributed by atoms with Gasteiger partial charge in [0.05, 0.1) is 22.9 Å². The Hall–Kier alpha value is -2.63. The van der Waals surface area contributed by atoms with Gasteiger partial charge in [-0.15, -0.1) is 0 Å². The zero-order chi connectivity index (χ0) is 16.4. The van der Waals surface area contributed by atoms with Crippen molar-refractivity contribution in [3.8, 4) is 5.69 Å². The Kier molecular flexibility index (Phi) is 4.14. The van der Waals surface area contributed by atoms with Crippen LogP contribution in [0.15, 0.2) is 36.5 Å². The molecule has 1 aliphatic rings. The first-order chi connectivity index (χ1) is 11.1. The van der Waals surface area contributed by atoms with Crippen LogP contribution in [0.3, 0.4) is 0 Å². The first-order valence-corrected chi connectivity index (χ1v) is 7.70. The van der Waals surface area contributed by atoms with E-state index in [-0.39, 0.29) is 12.5 Å². The fourth-order valence-electron chi connectivity index (χ4n) is 2.92. The van der Waals surface area contributed by atoms with Gasteiger partial charge in [-0.1, -0.05) is 18.2 Å². The summed E-state index contributed by atoms with van der Waals surface area (Å²) in [4.78, 5) is 25.5. The Balaban J connectivity index is 1.83. The third-order valence-electron chi connectivity index (χ3n) is 4.21. The van der Waals surface area contributed by atoms with Crippen LogP contribution >= 0.6 is 0 Å². The fourth-order valence-corrected chi connectivity index (χ4v) is 2.92. The second kappa shape index (κ2) is 6.24. The Morgan fingerprint density at radius 3 is 2.70 bits per heavy atom. The number of piperidine rings is 1. The number of hydrogen-bond acceptors (Lipinski definition) is 3. The van der Waals surface area contributed by atoms with Crippen LogP contribution in [0.2, 0.25) is 0 Å². The van der Waals surface area contributed by atoms with Crippen molar-refractivity contribution >= 4 is 11.9 Å². The van der Waals surface area contributed by atoms with Gasteiger partial charge in [0.1, 0.15) is 0 Å². The Morgan fingerprint density at radius 2 is 2.00 bits per heavy atom. The van der Waals surface area contributed by atoms with Crippen LogP contribution < -0.4 is 0 Å². The summed E-state index contributed by atoms with van der Waals surface area (Å²) < 4.78 is 1.68. The van der Waals surface area contributed by atoms with Gasteiger partial charge >= 0.3 is 5.97 Å². The number of hydrogen-bond donors (Lipinski definition) is 1. The summed E-state index contributed by atoms with van der Waals surface area (Å²) >= 11 is 0. The number of aliphatic carboxylic acids is 1. The molecule has 0 saturated carbocycles. The number of amides is 1. The second-order valence-electron chi connectivity index (χ2n) is 5.84. The first-order valence-electron chi connectivity index (χ1n) is 7.70. The number of benzene rings is 1. The molecule has 0 spiro atoms. The lowest BCUT2D eigenvalue weighted by molar-refractivity contribution is -0.143. The molecular formula is C17H19N3O3. The molecule has 0 radical (unpaired) electrons. The molecule has 1 aromatic heterocycles. The van der Waals surface area contributed by atoms with Crippen molar-refractivity contribution in [2.45, 2.75) is 19.8 Å². The average Bonchev–Trinajstić information content (AvgIpc) is 2.97. The van der Waals surface area contributed by atoms with Crippen LogP contribution in [0.4, 0.5) is 0 Å². The van der Waals surface area contributed by atoms with E-state index in [0.717, 1.165) is 5.69 Å². The molecule has 1 atom stereocenters. The molecule has 1 amide bonds. The molecule has 3 rings (SSSR count). The highest BCUT2D eigenvalue weighted by atomic mass is 16.4. The van der Waals surface area contributed by atoms with Crippen molar-refractivity contribution in [1.82, 2.24) is 14.7 Å². The monoisotopic (exact) mass is 313 g/mol. The number of aromatic nitrogens is 2. The molecule has 1 fully saturated rings. The number of carboxylic acids is 1. The smallest absolute Gasteiger partial charge is 0.308 e. The maximum absolute atomic E-state index is 12.7. The lowest BCUT2D eigenvalue weighted by atomic mass is 9.98.